The second-order valence-electron chi connectivity index (χ2n) is 6.08. The maximum absolute atomic E-state index is 13.5. The Bertz CT molecular complexity index is 1270. The first-order valence-corrected chi connectivity index (χ1v) is 10.1. The third-order valence-corrected chi connectivity index (χ3v) is 5.06. The summed E-state index contributed by atoms with van der Waals surface area (Å²) in [7, 11) is -3.32. The van der Waals surface area contributed by atoms with E-state index in [-0.39, 0.29) is 16.7 Å². The van der Waals surface area contributed by atoms with Gasteiger partial charge in [0.2, 0.25) is 5.95 Å². The van der Waals surface area contributed by atoms with Crippen LogP contribution in [0.2, 0.25) is 0 Å². The Morgan fingerprint density at radius 2 is 1.93 bits per heavy atom. The van der Waals surface area contributed by atoms with Crippen LogP contribution < -0.4 is 10.6 Å². The normalized spacial score (nSPS) is 11.5. The van der Waals surface area contributed by atoms with Gasteiger partial charge in [-0.3, -0.25) is 5.10 Å². The second kappa shape index (κ2) is 6.89. The number of benzene rings is 2. The number of nitrogens with one attached hydrogen (secondary N) is 3. The number of aromatic amines is 1. The van der Waals surface area contributed by atoms with Crippen LogP contribution in [-0.4, -0.2) is 34.8 Å². The lowest BCUT2D eigenvalue weighted by Crippen LogP contribution is -2.02. The first kappa shape index (κ1) is 17.9. The lowest BCUT2D eigenvalue weighted by atomic mass is 10.2. The van der Waals surface area contributed by atoms with Gasteiger partial charge in [0.15, 0.2) is 15.7 Å². The summed E-state index contributed by atoms with van der Waals surface area (Å²) in [6.07, 6.45) is 2.68. The Balaban J connectivity index is 1.59. The number of hydrogen-bond acceptors (Lipinski definition) is 7. The van der Waals surface area contributed by atoms with E-state index in [1.807, 2.05) is 0 Å². The van der Waals surface area contributed by atoms with Crippen LogP contribution in [0.15, 0.2) is 59.6 Å². The van der Waals surface area contributed by atoms with E-state index in [0.717, 1.165) is 6.26 Å². The molecule has 2 heterocycles. The van der Waals surface area contributed by atoms with Crippen LogP contribution in [0, 0.1) is 5.82 Å². The Morgan fingerprint density at radius 1 is 1.07 bits per heavy atom. The van der Waals surface area contributed by atoms with Crippen LogP contribution in [0.25, 0.3) is 10.9 Å². The van der Waals surface area contributed by atoms with Crippen molar-refractivity contribution < 1.29 is 12.8 Å². The fourth-order valence-electron chi connectivity index (χ4n) is 2.62. The molecule has 4 aromatic rings. The molecule has 0 radical (unpaired) electrons. The molecule has 3 N–H and O–H groups in total. The molecule has 0 bridgehead atoms. The molecule has 0 saturated heterocycles. The molecule has 0 spiro atoms. The Morgan fingerprint density at radius 3 is 2.75 bits per heavy atom. The highest BCUT2D eigenvalue weighted by atomic mass is 32.2. The number of nitrogens with zero attached hydrogens (tertiary/aromatic N) is 3. The van der Waals surface area contributed by atoms with Crippen molar-refractivity contribution in [1.29, 1.82) is 0 Å². The second-order valence-corrected chi connectivity index (χ2v) is 8.09. The van der Waals surface area contributed by atoms with Gasteiger partial charge < -0.3 is 10.6 Å². The molecule has 0 aliphatic carbocycles. The topological polar surface area (TPSA) is 113 Å². The molecule has 142 valence electrons. The molecule has 0 aliphatic heterocycles. The van der Waals surface area contributed by atoms with E-state index in [1.165, 1.54) is 30.5 Å². The molecule has 0 saturated carbocycles. The first-order chi connectivity index (χ1) is 13.4. The van der Waals surface area contributed by atoms with Crippen LogP contribution in [0.5, 0.6) is 0 Å². The predicted octanol–water partition coefficient (Wildman–Crippen LogP) is 3.38. The minimum Gasteiger partial charge on any atom is -0.324 e. The van der Waals surface area contributed by atoms with E-state index in [1.54, 1.807) is 24.3 Å². The SMILES string of the molecule is CS(=O)(=O)c1cccc(Nc2nccc(Nc3n[nH]c4ccc(F)cc34)n2)c1. The summed E-state index contributed by atoms with van der Waals surface area (Å²) >= 11 is 0. The van der Waals surface area contributed by atoms with Gasteiger partial charge in [-0.1, -0.05) is 6.07 Å². The predicted molar refractivity (Wildman–Crippen MR) is 104 cm³/mol. The molecule has 8 nitrogen and oxygen atoms in total. The van der Waals surface area contributed by atoms with Gasteiger partial charge in [0.25, 0.3) is 0 Å². The fraction of sp³-hybridized carbons (Fsp3) is 0.0556. The number of halogens is 1. The van der Waals surface area contributed by atoms with Crippen molar-refractivity contribution >= 4 is 44.0 Å². The standard InChI is InChI=1S/C18H15FN6O2S/c1-28(26,27)13-4-2-3-12(10-13)21-18-20-8-7-16(23-18)22-17-14-9-11(19)5-6-15(14)24-25-17/h2-10H,1H3,(H3,20,21,22,23,24,25). The quantitative estimate of drug-likeness (QED) is 0.472. The molecular weight excluding hydrogens is 383 g/mol. The summed E-state index contributed by atoms with van der Waals surface area (Å²) in [6, 6.07) is 12.3. The molecule has 0 amide bonds. The van der Waals surface area contributed by atoms with E-state index in [9.17, 15) is 12.8 Å². The van der Waals surface area contributed by atoms with E-state index < -0.39 is 9.84 Å². The van der Waals surface area contributed by atoms with Crippen molar-refractivity contribution in [2.45, 2.75) is 4.90 Å². The van der Waals surface area contributed by atoms with Crippen molar-refractivity contribution in [3.8, 4) is 0 Å². The van der Waals surface area contributed by atoms with Gasteiger partial charge in [-0.05, 0) is 42.5 Å². The summed E-state index contributed by atoms with van der Waals surface area (Å²) < 4.78 is 36.9. The molecule has 0 fully saturated rings. The van der Waals surface area contributed by atoms with Gasteiger partial charge in [-0.15, -0.1) is 0 Å². The molecular formula is C18H15FN6O2S. The number of fused-ring (bicyclic) bond motifs is 1. The zero-order chi connectivity index (χ0) is 19.7. The number of H-pyrrole nitrogens is 1. The lowest BCUT2D eigenvalue weighted by molar-refractivity contribution is 0.602. The van der Waals surface area contributed by atoms with Crippen molar-refractivity contribution in [2.24, 2.45) is 0 Å². The summed E-state index contributed by atoms with van der Waals surface area (Å²) in [5, 5.41) is 13.5. The third-order valence-electron chi connectivity index (χ3n) is 3.95. The third kappa shape index (κ3) is 3.76. The van der Waals surface area contributed by atoms with E-state index >= 15 is 0 Å². The van der Waals surface area contributed by atoms with Gasteiger partial charge >= 0.3 is 0 Å². The van der Waals surface area contributed by atoms with E-state index in [0.29, 0.717) is 28.2 Å². The lowest BCUT2D eigenvalue weighted by Gasteiger charge is -2.08. The van der Waals surface area contributed by atoms with Gasteiger partial charge in [0.1, 0.15) is 11.6 Å². The van der Waals surface area contributed by atoms with Gasteiger partial charge in [0.05, 0.1) is 10.4 Å². The summed E-state index contributed by atoms with van der Waals surface area (Å²) in [5.41, 5.74) is 1.22. The largest absolute Gasteiger partial charge is 0.324 e. The number of sulfone groups is 1. The molecule has 0 atom stereocenters. The number of rotatable bonds is 5. The van der Waals surface area contributed by atoms with Gasteiger partial charge in [-0.25, -0.2) is 17.8 Å². The maximum atomic E-state index is 13.5. The number of aromatic nitrogens is 4. The van der Waals surface area contributed by atoms with Crippen LogP contribution in [0.4, 0.5) is 27.7 Å². The Hall–Kier alpha value is -3.53. The molecule has 10 heteroatoms. The highest BCUT2D eigenvalue weighted by molar-refractivity contribution is 7.90. The molecule has 0 unspecified atom stereocenters. The van der Waals surface area contributed by atoms with Crippen LogP contribution in [0.3, 0.4) is 0 Å². The summed E-state index contributed by atoms with van der Waals surface area (Å²) in [6.45, 7) is 0. The number of anilines is 4. The van der Waals surface area contributed by atoms with Crippen molar-refractivity contribution in [3.63, 3.8) is 0 Å². The van der Waals surface area contributed by atoms with Crippen molar-refractivity contribution in [1.82, 2.24) is 20.2 Å². The Kier molecular flexibility index (Phi) is 4.40. The highest BCUT2D eigenvalue weighted by Crippen LogP contribution is 2.24. The van der Waals surface area contributed by atoms with Crippen LogP contribution in [0.1, 0.15) is 0 Å². The zero-order valence-electron chi connectivity index (χ0n) is 14.6. The van der Waals surface area contributed by atoms with E-state index in [2.05, 4.69) is 30.8 Å². The minimum atomic E-state index is -3.32. The average Bonchev–Trinajstić information content (AvgIpc) is 3.03. The maximum Gasteiger partial charge on any atom is 0.229 e. The smallest absolute Gasteiger partial charge is 0.229 e. The molecule has 0 aliphatic rings. The van der Waals surface area contributed by atoms with E-state index in [4.69, 9.17) is 0 Å². The van der Waals surface area contributed by atoms with Crippen LogP contribution in [-0.2, 0) is 9.84 Å². The molecule has 4 rings (SSSR count). The fourth-order valence-corrected chi connectivity index (χ4v) is 3.29. The van der Waals surface area contributed by atoms with Gasteiger partial charge in [0, 0.05) is 23.5 Å². The molecule has 28 heavy (non-hydrogen) atoms. The monoisotopic (exact) mass is 398 g/mol. The zero-order valence-corrected chi connectivity index (χ0v) is 15.5. The van der Waals surface area contributed by atoms with Crippen molar-refractivity contribution in [3.05, 3.63) is 60.5 Å². The average molecular weight is 398 g/mol. The van der Waals surface area contributed by atoms with Crippen LogP contribution >= 0.6 is 0 Å². The molecule has 2 aromatic carbocycles. The Labute approximate surface area is 159 Å². The first-order valence-electron chi connectivity index (χ1n) is 8.19. The summed E-state index contributed by atoms with van der Waals surface area (Å²) in [4.78, 5) is 8.66. The number of hydrogen-bond donors (Lipinski definition) is 3. The van der Waals surface area contributed by atoms with Crippen molar-refractivity contribution in [2.75, 3.05) is 16.9 Å². The highest BCUT2D eigenvalue weighted by Gasteiger charge is 2.10. The van der Waals surface area contributed by atoms with Gasteiger partial charge in [-0.2, -0.15) is 10.1 Å². The molecule has 2 aromatic heterocycles. The minimum absolute atomic E-state index is 0.191. The summed E-state index contributed by atoms with van der Waals surface area (Å²) in [5.74, 6) is 0.766.